The Bertz CT molecular complexity index is 536. The van der Waals surface area contributed by atoms with E-state index in [2.05, 4.69) is 29.8 Å². The van der Waals surface area contributed by atoms with E-state index in [0.717, 1.165) is 38.0 Å². The summed E-state index contributed by atoms with van der Waals surface area (Å²) in [6.07, 6.45) is -2.00. The van der Waals surface area contributed by atoms with Gasteiger partial charge in [-0.1, -0.05) is 6.07 Å². The number of guanidine groups is 1. The number of halogens is 4. The molecule has 0 radical (unpaired) electrons. The van der Waals surface area contributed by atoms with Crippen molar-refractivity contribution in [2.45, 2.75) is 12.6 Å². The molecule has 0 aliphatic carbocycles. The largest absolute Gasteiger partial charge is 0.411 e. The molecule has 0 saturated carbocycles. The number of aromatic nitrogens is 1. The fourth-order valence-electron chi connectivity index (χ4n) is 2.58. The van der Waals surface area contributed by atoms with Crippen LogP contribution in [-0.2, 0) is 4.74 Å². The van der Waals surface area contributed by atoms with Gasteiger partial charge in [-0.15, -0.1) is 24.0 Å². The average Bonchev–Trinajstić information content (AvgIpc) is 2.61. The predicted octanol–water partition coefficient (Wildman–Crippen LogP) is 2.37. The minimum absolute atomic E-state index is 0. The highest BCUT2D eigenvalue weighted by molar-refractivity contribution is 14.0. The molecule has 10 heteroatoms. The molecule has 0 bridgehead atoms. The summed E-state index contributed by atoms with van der Waals surface area (Å²) in [6, 6.07) is 5.85. The fraction of sp³-hybridized carbons (Fsp3) is 0.625. The first-order valence-corrected chi connectivity index (χ1v) is 8.25. The van der Waals surface area contributed by atoms with Crippen molar-refractivity contribution in [1.82, 2.24) is 15.2 Å². The van der Waals surface area contributed by atoms with Gasteiger partial charge in [-0.3, -0.25) is 4.99 Å². The summed E-state index contributed by atoms with van der Waals surface area (Å²) < 4.78 is 40.5. The Morgan fingerprint density at radius 3 is 2.58 bits per heavy atom. The molecule has 1 aromatic rings. The van der Waals surface area contributed by atoms with Crippen LogP contribution < -0.4 is 10.2 Å². The number of nitrogens with one attached hydrogen (secondary N) is 1. The molecular formula is C16H25F3IN5O. The van der Waals surface area contributed by atoms with Crippen molar-refractivity contribution < 1.29 is 17.9 Å². The number of rotatable bonds is 6. The van der Waals surface area contributed by atoms with E-state index in [0.29, 0.717) is 13.0 Å². The lowest BCUT2D eigenvalue weighted by Gasteiger charge is -2.37. The molecule has 1 fully saturated rings. The molecule has 1 aliphatic rings. The summed E-state index contributed by atoms with van der Waals surface area (Å²) in [5.41, 5.74) is 0. The van der Waals surface area contributed by atoms with E-state index in [1.807, 2.05) is 18.2 Å². The third kappa shape index (κ3) is 7.94. The molecule has 1 aliphatic heterocycles. The van der Waals surface area contributed by atoms with Crippen molar-refractivity contribution in [2.75, 3.05) is 57.9 Å². The van der Waals surface area contributed by atoms with Gasteiger partial charge in [-0.25, -0.2) is 4.98 Å². The maximum absolute atomic E-state index is 12.0. The molecular weight excluding hydrogens is 462 g/mol. The minimum Gasteiger partial charge on any atom is -0.372 e. The number of hydrogen-bond donors (Lipinski definition) is 1. The van der Waals surface area contributed by atoms with Crippen LogP contribution in [0.2, 0.25) is 0 Å². The van der Waals surface area contributed by atoms with Gasteiger partial charge >= 0.3 is 6.18 Å². The average molecular weight is 487 g/mol. The first-order chi connectivity index (χ1) is 12.0. The highest BCUT2D eigenvalue weighted by atomic mass is 127. The second-order valence-electron chi connectivity index (χ2n) is 5.66. The van der Waals surface area contributed by atoms with Crippen molar-refractivity contribution >= 4 is 35.8 Å². The number of hydrogen-bond acceptors (Lipinski definition) is 4. The van der Waals surface area contributed by atoms with Gasteiger partial charge in [0.15, 0.2) is 5.96 Å². The molecule has 0 amide bonds. The first-order valence-electron chi connectivity index (χ1n) is 8.25. The molecule has 0 atom stereocenters. The number of piperazine rings is 1. The second kappa shape index (κ2) is 11.4. The van der Waals surface area contributed by atoms with E-state index in [4.69, 9.17) is 0 Å². The maximum Gasteiger partial charge on any atom is 0.411 e. The van der Waals surface area contributed by atoms with Crippen LogP contribution in [0.3, 0.4) is 0 Å². The Hall–Kier alpha value is -1.30. The predicted molar refractivity (Wildman–Crippen MR) is 106 cm³/mol. The monoisotopic (exact) mass is 487 g/mol. The molecule has 0 aromatic carbocycles. The normalized spacial score (nSPS) is 15.6. The van der Waals surface area contributed by atoms with Crippen LogP contribution in [0.25, 0.3) is 0 Å². The standard InChI is InChI=1S/C16H24F3N5O.HI/c1-20-15(22-7-4-12-25-13-16(17,18)19)24-10-8-23(9-11-24)14-5-2-3-6-21-14;/h2-3,5-6H,4,7-13H2,1H3,(H,20,22);1H. The Morgan fingerprint density at radius 1 is 1.27 bits per heavy atom. The van der Waals surface area contributed by atoms with Gasteiger partial charge in [0.2, 0.25) is 0 Å². The number of aliphatic imine (C=N–C) groups is 1. The van der Waals surface area contributed by atoms with Crippen molar-refractivity contribution in [3.05, 3.63) is 24.4 Å². The number of alkyl halides is 3. The van der Waals surface area contributed by atoms with Crippen LogP contribution in [0.4, 0.5) is 19.0 Å². The fourth-order valence-corrected chi connectivity index (χ4v) is 2.58. The third-order valence-corrected chi connectivity index (χ3v) is 3.78. The summed E-state index contributed by atoms with van der Waals surface area (Å²) >= 11 is 0. The SMILES string of the molecule is CN=C(NCCCOCC(F)(F)F)N1CCN(c2ccccn2)CC1.I. The van der Waals surface area contributed by atoms with Crippen LogP contribution in [0.1, 0.15) is 6.42 Å². The summed E-state index contributed by atoms with van der Waals surface area (Å²) in [5, 5.41) is 3.17. The van der Waals surface area contributed by atoms with Crippen molar-refractivity contribution in [1.29, 1.82) is 0 Å². The van der Waals surface area contributed by atoms with Crippen LogP contribution in [0, 0.1) is 0 Å². The zero-order valence-corrected chi connectivity index (χ0v) is 17.0. The van der Waals surface area contributed by atoms with Gasteiger partial charge < -0.3 is 19.9 Å². The third-order valence-electron chi connectivity index (χ3n) is 3.78. The van der Waals surface area contributed by atoms with Gasteiger partial charge in [0.25, 0.3) is 0 Å². The lowest BCUT2D eigenvalue weighted by atomic mass is 10.3. The Balaban J connectivity index is 0.00000338. The molecule has 1 aromatic heterocycles. The molecule has 26 heavy (non-hydrogen) atoms. The van der Waals surface area contributed by atoms with Gasteiger partial charge in [-0.2, -0.15) is 13.2 Å². The van der Waals surface area contributed by atoms with Crippen LogP contribution in [0.15, 0.2) is 29.4 Å². The molecule has 1 saturated heterocycles. The first kappa shape index (κ1) is 22.7. The quantitative estimate of drug-likeness (QED) is 0.289. The smallest absolute Gasteiger partial charge is 0.372 e. The lowest BCUT2D eigenvalue weighted by Crippen LogP contribution is -2.52. The van der Waals surface area contributed by atoms with Gasteiger partial charge in [0.05, 0.1) is 0 Å². The topological polar surface area (TPSA) is 53.0 Å². The zero-order valence-electron chi connectivity index (χ0n) is 14.7. The van der Waals surface area contributed by atoms with Crippen molar-refractivity contribution in [3.8, 4) is 0 Å². The van der Waals surface area contributed by atoms with Gasteiger partial charge in [0, 0.05) is 52.6 Å². The van der Waals surface area contributed by atoms with E-state index in [1.165, 1.54) is 0 Å². The molecule has 6 nitrogen and oxygen atoms in total. The van der Waals surface area contributed by atoms with Gasteiger partial charge in [-0.05, 0) is 18.6 Å². The second-order valence-corrected chi connectivity index (χ2v) is 5.66. The summed E-state index contributed by atoms with van der Waals surface area (Å²) in [6.45, 7) is 2.68. The minimum atomic E-state index is -4.27. The molecule has 2 heterocycles. The summed E-state index contributed by atoms with van der Waals surface area (Å²) in [7, 11) is 1.70. The van der Waals surface area contributed by atoms with Crippen LogP contribution in [0.5, 0.6) is 0 Å². The van der Waals surface area contributed by atoms with E-state index in [9.17, 15) is 13.2 Å². The number of pyridine rings is 1. The maximum atomic E-state index is 12.0. The highest BCUT2D eigenvalue weighted by Crippen LogP contribution is 2.14. The van der Waals surface area contributed by atoms with Gasteiger partial charge in [0.1, 0.15) is 12.4 Å². The van der Waals surface area contributed by atoms with Crippen LogP contribution >= 0.6 is 24.0 Å². The number of nitrogens with zero attached hydrogens (tertiary/aromatic N) is 4. The number of anilines is 1. The van der Waals surface area contributed by atoms with Crippen molar-refractivity contribution in [3.63, 3.8) is 0 Å². The molecule has 0 spiro atoms. The Kier molecular flexibility index (Phi) is 9.99. The molecule has 2 rings (SSSR count). The van der Waals surface area contributed by atoms with Crippen molar-refractivity contribution in [2.24, 2.45) is 4.99 Å². The van der Waals surface area contributed by atoms with E-state index >= 15 is 0 Å². The van der Waals surface area contributed by atoms with E-state index in [-0.39, 0.29) is 30.6 Å². The molecule has 1 N–H and O–H groups in total. The van der Waals surface area contributed by atoms with E-state index < -0.39 is 12.8 Å². The molecule has 0 unspecified atom stereocenters. The zero-order chi connectivity index (χ0) is 18.1. The summed E-state index contributed by atoms with van der Waals surface area (Å²) in [5.74, 6) is 1.73. The number of ether oxygens (including phenoxy) is 1. The lowest BCUT2D eigenvalue weighted by molar-refractivity contribution is -0.173. The summed E-state index contributed by atoms with van der Waals surface area (Å²) in [4.78, 5) is 13.0. The van der Waals surface area contributed by atoms with E-state index in [1.54, 1.807) is 13.2 Å². The molecule has 148 valence electrons. The Labute approximate surface area is 168 Å². The van der Waals surface area contributed by atoms with Crippen LogP contribution in [-0.4, -0.2) is 75.0 Å². The highest BCUT2D eigenvalue weighted by Gasteiger charge is 2.27. The Morgan fingerprint density at radius 2 is 2.00 bits per heavy atom.